The Bertz CT molecular complexity index is 575. The van der Waals surface area contributed by atoms with Crippen molar-refractivity contribution >= 4 is 11.6 Å². The normalized spacial score (nSPS) is 11.3. The highest BCUT2D eigenvalue weighted by molar-refractivity contribution is 5.98. The predicted molar refractivity (Wildman–Crippen MR) is 79.9 cm³/mol. The summed E-state index contributed by atoms with van der Waals surface area (Å²) in [6.07, 6.45) is 3.56. The molecule has 2 N–H and O–H groups in total. The Hall–Kier alpha value is -2.14. The summed E-state index contributed by atoms with van der Waals surface area (Å²) in [7, 11) is 0. The van der Waals surface area contributed by atoms with Gasteiger partial charge in [0.05, 0.1) is 16.9 Å². The summed E-state index contributed by atoms with van der Waals surface area (Å²) in [6.45, 7) is 6.44. The van der Waals surface area contributed by atoms with Gasteiger partial charge in [0.15, 0.2) is 0 Å². The molecule has 0 spiro atoms. The van der Waals surface area contributed by atoms with Gasteiger partial charge in [0.25, 0.3) is 0 Å². The molecule has 5 heteroatoms. The first-order valence-corrected chi connectivity index (χ1v) is 6.70. The van der Waals surface area contributed by atoms with E-state index in [4.69, 9.17) is 0 Å². The SMILES string of the molecule is CCNC(C)(C)C(=O)Nc1ccccc1-n1cccn1. The van der Waals surface area contributed by atoms with Gasteiger partial charge in [-0.3, -0.25) is 4.79 Å². The van der Waals surface area contributed by atoms with Gasteiger partial charge in [-0.05, 0) is 38.6 Å². The minimum atomic E-state index is -0.619. The monoisotopic (exact) mass is 272 g/mol. The van der Waals surface area contributed by atoms with E-state index in [1.165, 1.54) is 0 Å². The minimum absolute atomic E-state index is 0.0704. The smallest absolute Gasteiger partial charge is 0.244 e. The summed E-state index contributed by atoms with van der Waals surface area (Å²) in [5, 5.41) is 10.3. The van der Waals surface area contributed by atoms with E-state index in [-0.39, 0.29) is 5.91 Å². The molecule has 0 fully saturated rings. The van der Waals surface area contributed by atoms with Crippen LogP contribution in [0.5, 0.6) is 0 Å². The number of para-hydroxylation sites is 2. The molecule has 2 aromatic rings. The summed E-state index contributed by atoms with van der Waals surface area (Å²) in [6, 6.07) is 9.45. The molecule has 1 amide bonds. The van der Waals surface area contributed by atoms with Gasteiger partial charge in [0.2, 0.25) is 5.91 Å². The fourth-order valence-corrected chi connectivity index (χ4v) is 1.99. The van der Waals surface area contributed by atoms with Crippen LogP contribution in [0.15, 0.2) is 42.7 Å². The van der Waals surface area contributed by atoms with E-state index in [0.29, 0.717) is 0 Å². The first kappa shape index (κ1) is 14.3. The van der Waals surface area contributed by atoms with Crippen molar-refractivity contribution in [3.05, 3.63) is 42.7 Å². The lowest BCUT2D eigenvalue weighted by molar-refractivity contribution is -0.121. The van der Waals surface area contributed by atoms with Crippen LogP contribution in [0, 0.1) is 0 Å². The average Bonchev–Trinajstić information content (AvgIpc) is 2.93. The van der Waals surface area contributed by atoms with Gasteiger partial charge in [0, 0.05) is 12.4 Å². The van der Waals surface area contributed by atoms with Crippen LogP contribution >= 0.6 is 0 Å². The molecule has 0 radical (unpaired) electrons. The lowest BCUT2D eigenvalue weighted by atomic mass is 10.0. The number of nitrogens with zero attached hydrogens (tertiary/aromatic N) is 2. The number of benzene rings is 1. The summed E-state index contributed by atoms with van der Waals surface area (Å²) in [5.74, 6) is -0.0704. The van der Waals surface area contributed by atoms with E-state index in [1.54, 1.807) is 10.9 Å². The average molecular weight is 272 g/mol. The number of hydrogen-bond donors (Lipinski definition) is 2. The molecule has 106 valence electrons. The van der Waals surface area contributed by atoms with Crippen molar-refractivity contribution in [3.63, 3.8) is 0 Å². The lowest BCUT2D eigenvalue weighted by Gasteiger charge is -2.25. The standard InChI is InChI=1S/C15H20N4O/c1-4-16-15(2,3)14(20)18-12-8-5-6-9-13(12)19-11-7-10-17-19/h5-11,16H,4H2,1-3H3,(H,18,20). The van der Waals surface area contributed by atoms with Gasteiger partial charge in [0.1, 0.15) is 0 Å². The van der Waals surface area contributed by atoms with Crippen molar-refractivity contribution in [2.24, 2.45) is 0 Å². The largest absolute Gasteiger partial charge is 0.323 e. The van der Waals surface area contributed by atoms with E-state index in [0.717, 1.165) is 17.9 Å². The third-order valence-electron chi connectivity index (χ3n) is 3.09. The quantitative estimate of drug-likeness (QED) is 0.877. The van der Waals surface area contributed by atoms with Crippen LogP contribution < -0.4 is 10.6 Å². The van der Waals surface area contributed by atoms with Gasteiger partial charge >= 0.3 is 0 Å². The fourth-order valence-electron chi connectivity index (χ4n) is 1.99. The number of nitrogens with one attached hydrogen (secondary N) is 2. The second kappa shape index (κ2) is 5.88. The second-order valence-corrected chi connectivity index (χ2v) is 5.08. The van der Waals surface area contributed by atoms with E-state index >= 15 is 0 Å². The van der Waals surface area contributed by atoms with Gasteiger partial charge in [-0.1, -0.05) is 19.1 Å². The number of carbonyl (C=O) groups excluding carboxylic acids is 1. The van der Waals surface area contributed by atoms with Gasteiger partial charge in [-0.2, -0.15) is 5.10 Å². The molecule has 0 aliphatic carbocycles. The van der Waals surface area contributed by atoms with Crippen LogP contribution in [0.3, 0.4) is 0 Å². The molecule has 1 aromatic heterocycles. The summed E-state index contributed by atoms with van der Waals surface area (Å²) in [4.78, 5) is 12.3. The van der Waals surface area contributed by atoms with E-state index in [2.05, 4.69) is 15.7 Å². The van der Waals surface area contributed by atoms with Gasteiger partial charge in [-0.25, -0.2) is 4.68 Å². The molecule has 1 heterocycles. The highest BCUT2D eigenvalue weighted by Gasteiger charge is 2.26. The zero-order chi connectivity index (χ0) is 14.6. The topological polar surface area (TPSA) is 59.0 Å². The molecule has 0 saturated carbocycles. The molecule has 2 rings (SSSR count). The molecule has 5 nitrogen and oxygen atoms in total. The maximum Gasteiger partial charge on any atom is 0.244 e. The Labute approximate surface area is 119 Å². The minimum Gasteiger partial charge on any atom is -0.323 e. The predicted octanol–water partition coefficient (Wildman–Crippen LogP) is 2.20. The number of carbonyl (C=O) groups is 1. The molecule has 0 aliphatic heterocycles. The number of hydrogen-bond acceptors (Lipinski definition) is 3. The van der Waals surface area contributed by atoms with Gasteiger partial charge < -0.3 is 10.6 Å². The van der Waals surface area contributed by atoms with Crippen molar-refractivity contribution < 1.29 is 4.79 Å². The number of aromatic nitrogens is 2. The number of amides is 1. The van der Waals surface area contributed by atoms with Crippen LogP contribution in [0.4, 0.5) is 5.69 Å². The maximum atomic E-state index is 12.3. The van der Waals surface area contributed by atoms with Crippen LogP contribution in [0.2, 0.25) is 0 Å². The zero-order valence-corrected chi connectivity index (χ0v) is 12.1. The highest BCUT2D eigenvalue weighted by Crippen LogP contribution is 2.20. The number of likely N-dealkylation sites (N-methyl/N-ethyl adjacent to an activating group) is 1. The Kier molecular flexibility index (Phi) is 4.20. The van der Waals surface area contributed by atoms with Crippen molar-refractivity contribution in [2.75, 3.05) is 11.9 Å². The third kappa shape index (κ3) is 3.05. The molecule has 0 bridgehead atoms. The molecule has 0 atom stereocenters. The highest BCUT2D eigenvalue weighted by atomic mass is 16.2. The molecular weight excluding hydrogens is 252 g/mol. The lowest BCUT2D eigenvalue weighted by Crippen LogP contribution is -2.49. The van der Waals surface area contributed by atoms with Crippen LogP contribution in [0.1, 0.15) is 20.8 Å². The summed E-state index contributed by atoms with van der Waals surface area (Å²) in [5.41, 5.74) is 0.969. The van der Waals surface area contributed by atoms with E-state index in [9.17, 15) is 4.79 Å². The zero-order valence-electron chi connectivity index (χ0n) is 12.1. The molecule has 20 heavy (non-hydrogen) atoms. The Morgan fingerprint density at radius 3 is 2.70 bits per heavy atom. The number of anilines is 1. The van der Waals surface area contributed by atoms with Crippen molar-refractivity contribution in [2.45, 2.75) is 26.3 Å². The molecule has 0 saturated heterocycles. The number of rotatable bonds is 5. The summed E-state index contributed by atoms with van der Waals surface area (Å²) < 4.78 is 1.73. The van der Waals surface area contributed by atoms with E-state index < -0.39 is 5.54 Å². The molecule has 0 aliphatic rings. The van der Waals surface area contributed by atoms with Crippen molar-refractivity contribution in [1.82, 2.24) is 15.1 Å². The Balaban J connectivity index is 2.25. The Morgan fingerprint density at radius 1 is 1.30 bits per heavy atom. The fraction of sp³-hybridized carbons (Fsp3) is 0.333. The van der Waals surface area contributed by atoms with Gasteiger partial charge in [-0.15, -0.1) is 0 Å². The maximum absolute atomic E-state index is 12.3. The van der Waals surface area contributed by atoms with Crippen LogP contribution in [-0.4, -0.2) is 27.8 Å². The summed E-state index contributed by atoms with van der Waals surface area (Å²) >= 11 is 0. The first-order chi connectivity index (χ1) is 9.54. The van der Waals surface area contributed by atoms with E-state index in [1.807, 2.05) is 57.3 Å². The first-order valence-electron chi connectivity index (χ1n) is 6.70. The molecular formula is C15H20N4O. The molecule has 1 aromatic carbocycles. The molecule has 0 unspecified atom stereocenters. The van der Waals surface area contributed by atoms with Crippen molar-refractivity contribution in [3.8, 4) is 5.69 Å². The Morgan fingerprint density at radius 2 is 2.05 bits per heavy atom. The van der Waals surface area contributed by atoms with Crippen LogP contribution in [-0.2, 0) is 4.79 Å². The third-order valence-corrected chi connectivity index (χ3v) is 3.09. The second-order valence-electron chi connectivity index (χ2n) is 5.08. The van der Waals surface area contributed by atoms with Crippen molar-refractivity contribution in [1.29, 1.82) is 0 Å². The van der Waals surface area contributed by atoms with Crippen LogP contribution in [0.25, 0.3) is 5.69 Å².